The summed E-state index contributed by atoms with van der Waals surface area (Å²) in [4.78, 5) is 0. The molecule has 0 amide bonds. The molecule has 0 saturated heterocycles. The summed E-state index contributed by atoms with van der Waals surface area (Å²) in [7, 11) is 0. The molecule has 0 heterocycles. The van der Waals surface area contributed by atoms with Crippen LogP contribution in [0, 0.1) is 11.8 Å². The van der Waals surface area contributed by atoms with Crippen LogP contribution in [0.1, 0.15) is 31.9 Å². The lowest BCUT2D eigenvalue weighted by molar-refractivity contribution is 0.256. The van der Waals surface area contributed by atoms with Crippen LogP contribution in [0.5, 0.6) is 11.5 Å². The zero-order valence-electron chi connectivity index (χ0n) is 16.9. The first-order valence-electron chi connectivity index (χ1n) is 9.91. The van der Waals surface area contributed by atoms with Crippen molar-refractivity contribution in [3.05, 3.63) is 59.7 Å². The number of nitrogens with one attached hydrogen (secondary N) is 1. The first kappa shape index (κ1) is 21.3. The third-order valence-electron chi connectivity index (χ3n) is 4.26. The van der Waals surface area contributed by atoms with E-state index in [9.17, 15) is 0 Å². The minimum Gasteiger partial charge on any atom is -0.493 e. The molecular weight excluding hydrogens is 336 g/mol. The van der Waals surface area contributed by atoms with E-state index in [4.69, 9.17) is 15.2 Å². The summed E-state index contributed by atoms with van der Waals surface area (Å²) >= 11 is 0. The number of nitrogens with two attached hydrogens (primary N) is 1. The van der Waals surface area contributed by atoms with Crippen molar-refractivity contribution in [1.29, 1.82) is 0 Å². The number of ether oxygens (including phenoxy) is 2. The second-order valence-electron chi connectivity index (χ2n) is 7.57. The zero-order valence-corrected chi connectivity index (χ0v) is 16.9. The number of hydrogen-bond donors (Lipinski definition) is 2. The van der Waals surface area contributed by atoms with Gasteiger partial charge in [-0.15, -0.1) is 0 Å². The van der Waals surface area contributed by atoms with Gasteiger partial charge in [0.2, 0.25) is 0 Å². The van der Waals surface area contributed by atoms with Crippen LogP contribution in [0.4, 0.5) is 0 Å². The van der Waals surface area contributed by atoms with Crippen LogP contribution in [0.25, 0.3) is 0 Å². The molecule has 4 heteroatoms. The van der Waals surface area contributed by atoms with E-state index in [0.29, 0.717) is 25.0 Å². The van der Waals surface area contributed by atoms with Gasteiger partial charge in [-0.1, -0.05) is 45.0 Å². The van der Waals surface area contributed by atoms with Gasteiger partial charge in [-0.3, -0.25) is 0 Å². The van der Waals surface area contributed by atoms with E-state index in [1.54, 1.807) is 0 Å². The molecule has 0 bridgehead atoms. The highest BCUT2D eigenvalue weighted by molar-refractivity contribution is 5.28. The lowest BCUT2D eigenvalue weighted by atomic mass is 10.1. The Balaban J connectivity index is 1.61. The minimum atomic E-state index is 0.443. The molecule has 2 aromatic carbocycles. The van der Waals surface area contributed by atoms with Crippen molar-refractivity contribution in [2.24, 2.45) is 17.6 Å². The number of hydrogen-bond acceptors (Lipinski definition) is 4. The monoisotopic (exact) mass is 370 g/mol. The molecule has 0 spiro atoms. The van der Waals surface area contributed by atoms with Gasteiger partial charge in [0.1, 0.15) is 11.5 Å². The fourth-order valence-electron chi connectivity index (χ4n) is 2.66. The zero-order chi connectivity index (χ0) is 19.5. The fourth-order valence-corrected chi connectivity index (χ4v) is 2.66. The highest BCUT2D eigenvalue weighted by atomic mass is 16.5. The molecule has 0 aromatic heterocycles. The molecular formula is C23H34N2O2. The van der Waals surface area contributed by atoms with Gasteiger partial charge in [0, 0.05) is 19.0 Å². The Morgan fingerprint density at radius 1 is 0.889 bits per heavy atom. The SMILES string of the molecule is CC(C)COc1ccc(CCNCC(C)COc2cccc(CN)c2)cc1. The van der Waals surface area contributed by atoms with Crippen LogP contribution in [-0.2, 0) is 13.0 Å². The van der Waals surface area contributed by atoms with Gasteiger partial charge in [0.25, 0.3) is 0 Å². The summed E-state index contributed by atoms with van der Waals surface area (Å²) in [6.07, 6.45) is 1.01. The van der Waals surface area contributed by atoms with E-state index in [2.05, 4.69) is 50.4 Å². The summed E-state index contributed by atoms with van der Waals surface area (Å²) in [5.41, 5.74) is 8.08. The molecule has 4 nitrogen and oxygen atoms in total. The highest BCUT2D eigenvalue weighted by Crippen LogP contribution is 2.15. The van der Waals surface area contributed by atoms with Crippen LogP contribution in [0.3, 0.4) is 0 Å². The van der Waals surface area contributed by atoms with Crippen molar-refractivity contribution in [2.45, 2.75) is 33.7 Å². The third-order valence-corrected chi connectivity index (χ3v) is 4.26. The normalized spacial score (nSPS) is 12.2. The van der Waals surface area contributed by atoms with Crippen molar-refractivity contribution >= 4 is 0 Å². The number of benzene rings is 2. The van der Waals surface area contributed by atoms with Crippen molar-refractivity contribution in [1.82, 2.24) is 5.32 Å². The molecule has 148 valence electrons. The van der Waals surface area contributed by atoms with E-state index in [0.717, 1.165) is 43.2 Å². The predicted molar refractivity (Wildman–Crippen MR) is 112 cm³/mol. The van der Waals surface area contributed by atoms with Gasteiger partial charge in [0.15, 0.2) is 0 Å². The maximum Gasteiger partial charge on any atom is 0.119 e. The smallest absolute Gasteiger partial charge is 0.119 e. The van der Waals surface area contributed by atoms with Crippen molar-refractivity contribution in [3.8, 4) is 11.5 Å². The van der Waals surface area contributed by atoms with E-state index in [1.807, 2.05) is 24.3 Å². The van der Waals surface area contributed by atoms with Gasteiger partial charge < -0.3 is 20.5 Å². The van der Waals surface area contributed by atoms with Crippen LogP contribution < -0.4 is 20.5 Å². The van der Waals surface area contributed by atoms with Crippen LogP contribution in [0.2, 0.25) is 0 Å². The molecule has 27 heavy (non-hydrogen) atoms. The largest absolute Gasteiger partial charge is 0.493 e. The summed E-state index contributed by atoms with van der Waals surface area (Å²) in [6.45, 7) is 10.4. The summed E-state index contributed by atoms with van der Waals surface area (Å²) in [5.74, 6) is 2.83. The molecule has 2 rings (SSSR count). The Kier molecular flexibility index (Phi) is 9.16. The number of rotatable bonds is 12. The molecule has 0 aliphatic heterocycles. The van der Waals surface area contributed by atoms with Gasteiger partial charge >= 0.3 is 0 Å². The predicted octanol–water partition coefficient (Wildman–Crippen LogP) is 4.03. The molecule has 0 saturated carbocycles. The first-order valence-corrected chi connectivity index (χ1v) is 9.91. The Morgan fingerprint density at radius 3 is 2.33 bits per heavy atom. The van der Waals surface area contributed by atoms with Crippen LogP contribution >= 0.6 is 0 Å². The minimum absolute atomic E-state index is 0.443. The summed E-state index contributed by atoms with van der Waals surface area (Å²) < 4.78 is 11.6. The Hall–Kier alpha value is -2.04. The molecule has 0 aliphatic carbocycles. The Labute approximate surface area is 164 Å². The fraction of sp³-hybridized carbons (Fsp3) is 0.478. The topological polar surface area (TPSA) is 56.5 Å². The Morgan fingerprint density at radius 2 is 1.63 bits per heavy atom. The standard InChI is InChI=1S/C23H34N2O2/c1-18(2)16-26-22-9-7-20(8-10-22)11-12-25-15-19(3)17-27-23-6-4-5-21(13-23)14-24/h4-10,13,18-19,25H,11-12,14-17,24H2,1-3H3. The highest BCUT2D eigenvalue weighted by Gasteiger charge is 2.04. The van der Waals surface area contributed by atoms with E-state index < -0.39 is 0 Å². The summed E-state index contributed by atoms with van der Waals surface area (Å²) in [5, 5.41) is 3.52. The molecule has 3 N–H and O–H groups in total. The third kappa shape index (κ3) is 8.46. The van der Waals surface area contributed by atoms with E-state index >= 15 is 0 Å². The average molecular weight is 371 g/mol. The van der Waals surface area contributed by atoms with Gasteiger partial charge in [-0.25, -0.2) is 0 Å². The molecule has 0 aliphatic rings. The quantitative estimate of drug-likeness (QED) is 0.554. The van der Waals surface area contributed by atoms with Crippen molar-refractivity contribution in [3.63, 3.8) is 0 Å². The van der Waals surface area contributed by atoms with Gasteiger partial charge in [-0.2, -0.15) is 0 Å². The second kappa shape index (κ2) is 11.6. The maximum atomic E-state index is 5.87. The molecule has 2 aromatic rings. The van der Waals surface area contributed by atoms with Gasteiger partial charge in [-0.05, 0) is 54.3 Å². The second-order valence-corrected chi connectivity index (χ2v) is 7.57. The lowest BCUT2D eigenvalue weighted by Gasteiger charge is -2.14. The molecule has 1 unspecified atom stereocenters. The Bertz CT molecular complexity index is 656. The average Bonchev–Trinajstić information content (AvgIpc) is 2.69. The van der Waals surface area contributed by atoms with Crippen LogP contribution in [0.15, 0.2) is 48.5 Å². The van der Waals surface area contributed by atoms with Crippen molar-refractivity contribution < 1.29 is 9.47 Å². The van der Waals surface area contributed by atoms with E-state index in [1.165, 1.54) is 5.56 Å². The summed E-state index contributed by atoms with van der Waals surface area (Å²) in [6, 6.07) is 16.4. The van der Waals surface area contributed by atoms with Crippen LogP contribution in [-0.4, -0.2) is 26.3 Å². The molecule has 0 radical (unpaired) electrons. The van der Waals surface area contributed by atoms with Gasteiger partial charge in [0.05, 0.1) is 13.2 Å². The van der Waals surface area contributed by atoms with E-state index in [-0.39, 0.29) is 0 Å². The molecule has 1 atom stereocenters. The first-order chi connectivity index (χ1) is 13.1. The van der Waals surface area contributed by atoms with Crippen molar-refractivity contribution in [2.75, 3.05) is 26.3 Å². The molecule has 0 fully saturated rings. The lowest BCUT2D eigenvalue weighted by Crippen LogP contribution is -2.26. The maximum absolute atomic E-state index is 5.87.